The molecule has 1 fully saturated rings. The fraction of sp³-hybridized carbons (Fsp3) is 0.348. The van der Waals surface area contributed by atoms with E-state index < -0.39 is 0 Å². The van der Waals surface area contributed by atoms with Gasteiger partial charge in [-0.3, -0.25) is 4.79 Å². The number of ether oxygens (including phenoxy) is 1. The van der Waals surface area contributed by atoms with Crippen LogP contribution >= 0.6 is 0 Å². The summed E-state index contributed by atoms with van der Waals surface area (Å²) in [6.07, 6.45) is 1.87. The van der Waals surface area contributed by atoms with Gasteiger partial charge in [-0.25, -0.2) is 0 Å². The lowest BCUT2D eigenvalue weighted by molar-refractivity contribution is 0.0703. The molecule has 1 aliphatic rings. The van der Waals surface area contributed by atoms with Crippen LogP contribution in [0.15, 0.2) is 59.1 Å². The van der Waals surface area contributed by atoms with Gasteiger partial charge in [0, 0.05) is 24.6 Å². The van der Waals surface area contributed by atoms with Gasteiger partial charge >= 0.3 is 0 Å². The average Bonchev–Trinajstić information content (AvgIpc) is 3.23. The van der Waals surface area contributed by atoms with Gasteiger partial charge < -0.3 is 14.2 Å². The van der Waals surface area contributed by atoms with Crippen LogP contribution in [0.1, 0.15) is 52.0 Å². The zero-order valence-corrected chi connectivity index (χ0v) is 16.6. The van der Waals surface area contributed by atoms with E-state index in [1.54, 1.807) is 0 Å². The standard InChI is InChI=1S/C23H25N3O3/c1-17-7-5-10-19(13-17)23(27)26-12-6-11-20(14-26)22-24-21(29-25-22)16-28-15-18-8-3-2-4-9-18/h2-5,7-10,13,20H,6,11-12,14-16H2,1H3. The number of rotatable bonds is 6. The molecular weight excluding hydrogens is 366 g/mol. The molecule has 4 rings (SSSR count). The predicted octanol–water partition coefficient (Wildman–Crippen LogP) is 4.11. The smallest absolute Gasteiger partial charge is 0.253 e. The average molecular weight is 391 g/mol. The van der Waals surface area contributed by atoms with Gasteiger partial charge in [-0.05, 0) is 37.5 Å². The van der Waals surface area contributed by atoms with Crippen LogP contribution in [-0.2, 0) is 18.0 Å². The number of hydrogen-bond donors (Lipinski definition) is 0. The second kappa shape index (κ2) is 9.01. The van der Waals surface area contributed by atoms with Gasteiger partial charge in [0.25, 0.3) is 11.8 Å². The molecule has 3 aromatic rings. The van der Waals surface area contributed by atoms with Crippen LogP contribution in [-0.4, -0.2) is 34.0 Å². The number of benzene rings is 2. The van der Waals surface area contributed by atoms with E-state index in [4.69, 9.17) is 9.26 Å². The Morgan fingerprint density at radius 1 is 1.17 bits per heavy atom. The zero-order chi connectivity index (χ0) is 20.1. The number of aromatic nitrogens is 2. The lowest BCUT2D eigenvalue weighted by Crippen LogP contribution is -2.39. The second-order valence-corrected chi connectivity index (χ2v) is 7.48. The monoisotopic (exact) mass is 391 g/mol. The molecule has 0 bridgehead atoms. The van der Waals surface area contributed by atoms with Crippen LogP contribution in [0, 0.1) is 6.92 Å². The summed E-state index contributed by atoms with van der Waals surface area (Å²) in [7, 11) is 0. The molecule has 1 amide bonds. The third kappa shape index (κ3) is 4.90. The number of amides is 1. The number of carbonyl (C=O) groups excluding carboxylic acids is 1. The molecular formula is C23H25N3O3. The predicted molar refractivity (Wildman–Crippen MR) is 108 cm³/mol. The van der Waals surface area contributed by atoms with Crippen LogP contribution in [0.2, 0.25) is 0 Å². The fourth-order valence-corrected chi connectivity index (χ4v) is 3.66. The van der Waals surface area contributed by atoms with Crippen molar-refractivity contribution in [1.82, 2.24) is 15.0 Å². The van der Waals surface area contributed by atoms with Gasteiger partial charge in [0.2, 0.25) is 0 Å². The lowest BCUT2D eigenvalue weighted by Gasteiger charge is -2.31. The highest BCUT2D eigenvalue weighted by atomic mass is 16.5. The molecule has 6 heteroatoms. The number of carbonyl (C=O) groups is 1. The lowest BCUT2D eigenvalue weighted by atomic mass is 9.96. The summed E-state index contributed by atoms with van der Waals surface area (Å²) >= 11 is 0. The van der Waals surface area contributed by atoms with Crippen LogP contribution in [0.25, 0.3) is 0 Å². The summed E-state index contributed by atoms with van der Waals surface area (Å²) < 4.78 is 11.0. The van der Waals surface area contributed by atoms with E-state index in [1.807, 2.05) is 66.4 Å². The quantitative estimate of drug-likeness (QED) is 0.632. The van der Waals surface area contributed by atoms with Crippen molar-refractivity contribution < 1.29 is 14.1 Å². The van der Waals surface area contributed by atoms with Crippen molar-refractivity contribution in [3.8, 4) is 0 Å². The van der Waals surface area contributed by atoms with Gasteiger partial charge in [0.1, 0.15) is 6.61 Å². The van der Waals surface area contributed by atoms with Gasteiger partial charge in [-0.1, -0.05) is 53.2 Å². The highest BCUT2D eigenvalue weighted by Crippen LogP contribution is 2.26. The first-order chi connectivity index (χ1) is 14.2. The Bertz CT molecular complexity index is 955. The first kappa shape index (κ1) is 19.3. The minimum absolute atomic E-state index is 0.0633. The number of likely N-dealkylation sites (tertiary alicyclic amines) is 1. The first-order valence-corrected chi connectivity index (χ1v) is 9.99. The Labute approximate surface area is 170 Å². The van der Waals surface area contributed by atoms with Crippen molar-refractivity contribution in [2.75, 3.05) is 13.1 Å². The SMILES string of the molecule is Cc1cccc(C(=O)N2CCCC(c3noc(COCc4ccccc4)n3)C2)c1. The van der Waals surface area contributed by atoms with Crippen LogP contribution in [0.4, 0.5) is 0 Å². The summed E-state index contributed by atoms with van der Waals surface area (Å²) in [6.45, 7) is 4.14. The first-order valence-electron chi connectivity index (χ1n) is 9.99. The number of aryl methyl sites for hydroxylation is 1. The van der Waals surface area contributed by atoms with E-state index >= 15 is 0 Å². The van der Waals surface area contributed by atoms with E-state index in [1.165, 1.54) is 0 Å². The highest BCUT2D eigenvalue weighted by Gasteiger charge is 2.28. The maximum Gasteiger partial charge on any atom is 0.253 e. The van der Waals surface area contributed by atoms with Gasteiger partial charge in [-0.15, -0.1) is 0 Å². The molecule has 0 spiro atoms. The summed E-state index contributed by atoms with van der Waals surface area (Å²) in [4.78, 5) is 19.3. The molecule has 6 nitrogen and oxygen atoms in total. The van der Waals surface area contributed by atoms with E-state index in [2.05, 4.69) is 10.1 Å². The molecule has 150 valence electrons. The molecule has 2 heterocycles. The van der Waals surface area contributed by atoms with Crippen molar-refractivity contribution in [3.63, 3.8) is 0 Å². The molecule has 29 heavy (non-hydrogen) atoms. The largest absolute Gasteiger partial charge is 0.367 e. The maximum absolute atomic E-state index is 12.9. The summed E-state index contributed by atoms with van der Waals surface area (Å²) in [6, 6.07) is 17.7. The Balaban J connectivity index is 1.34. The molecule has 0 saturated carbocycles. The Kier molecular flexibility index (Phi) is 6.00. The number of piperidine rings is 1. The van der Waals surface area contributed by atoms with E-state index in [9.17, 15) is 4.79 Å². The third-order valence-electron chi connectivity index (χ3n) is 5.16. The van der Waals surface area contributed by atoms with E-state index in [-0.39, 0.29) is 18.4 Å². The minimum Gasteiger partial charge on any atom is -0.367 e. The van der Waals surface area contributed by atoms with Gasteiger partial charge in [-0.2, -0.15) is 4.98 Å². The Hall–Kier alpha value is -2.99. The molecule has 1 aliphatic heterocycles. The normalized spacial score (nSPS) is 16.7. The molecule has 1 unspecified atom stereocenters. The molecule has 0 radical (unpaired) electrons. The van der Waals surface area contributed by atoms with E-state index in [0.29, 0.717) is 24.9 Å². The van der Waals surface area contributed by atoms with Crippen molar-refractivity contribution in [2.24, 2.45) is 0 Å². The molecule has 0 N–H and O–H groups in total. The molecule has 0 aliphatic carbocycles. The van der Waals surface area contributed by atoms with Crippen LogP contribution < -0.4 is 0 Å². The van der Waals surface area contributed by atoms with Crippen molar-refractivity contribution in [2.45, 2.75) is 38.9 Å². The fourth-order valence-electron chi connectivity index (χ4n) is 3.66. The maximum atomic E-state index is 12.9. The second-order valence-electron chi connectivity index (χ2n) is 7.48. The number of hydrogen-bond acceptors (Lipinski definition) is 5. The Morgan fingerprint density at radius 3 is 2.86 bits per heavy atom. The topological polar surface area (TPSA) is 68.5 Å². The van der Waals surface area contributed by atoms with Crippen molar-refractivity contribution in [3.05, 3.63) is 83.0 Å². The molecule has 1 saturated heterocycles. The van der Waals surface area contributed by atoms with Crippen molar-refractivity contribution in [1.29, 1.82) is 0 Å². The Morgan fingerprint density at radius 2 is 2.03 bits per heavy atom. The molecule has 1 aromatic heterocycles. The van der Waals surface area contributed by atoms with E-state index in [0.717, 1.165) is 36.1 Å². The van der Waals surface area contributed by atoms with Crippen molar-refractivity contribution >= 4 is 5.91 Å². The summed E-state index contributed by atoms with van der Waals surface area (Å²) in [5.74, 6) is 1.28. The molecule has 2 aromatic carbocycles. The van der Waals surface area contributed by atoms with Crippen LogP contribution in [0.5, 0.6) is 0 Å². The summed E-state index contributed by atoms with van der Waals surface area (Å²) in [5, 5.41) is 4.14. The third-order valence-corrected chi connectivity index (χ3v) is 5.16. The van der Waals surface area contributed by atoms with Crippen LogP contribution in [0.3, 0.4) is 0 Å². The minimum atomic E-state index is 0.0633. The number of nitrogens with zero attached hydrogens (tertiary/aromatic N) is 3. The van der Waals surface area contributed by atoms with Gasteiger partial charge in [0.05, 0.1) is 6.61 Å². The molecule has 1 atom stereocenters. The highest BCUT2D eigenvalue weighted by molar-refractivity contribution is 5.94. The summed E-state index contributed by atoms with van der Waals surface area (Å²) in [5.41, 5.74) is 2.92. The zero-order valence-electron chi connectivity index (χ0n) is 16.6. The van der Waals surface area contributed by atoms with Gasteiger partial charge in [0.15, 0.2) is 5.82 Å².